The van der Waals surface area contributed by atoms with Crippen molar-refractivity contribution in [2.45, 2.75) is 223 Å². The van der Waals surface area contributed by atoms with E-state index < -0.39 is 5.66 Å². The molecule has 3 fully saturated rings. The van der Waals surface area contributed by atoms with Crippen LogP contribution in [0.2, 0.25) is 0 Å². The molecule has 0 unspecified atom stereocenters. The Labute approximate surface area is 411 Å². The number of nitrogens with one attached hydrogen (secondary N) is 1. The Bertz CT molecular complexity index is 1960. The van der Waals surface area contributed by atoms with Crippen LogP contribution in [0.15, 0.2) is 53.5 Å². The average molecular weight is 939 g/mol. The van der Waals surface area contributed by atoms with Crippen molar-refractivity contribution in [3.8, 4) is 0 Å². The molecule has 1 N–H and O–H groups in total. The Morgan fingerprint density at radius 1 is 0.618 bits per heavy atom. The number of rotatable bonds is 12. The third-order valence-electron chi connectivity index (χ3n) is 15.2. The van der Waals surface area contributed by atoms with E-state index in [1.165, 1.54) is 0 Å². The summed E-state index contributed by atoms with van der Waals surface area (Å²) in [6.07, 6.45) is 13.2. The average Bonchev–Trinajstić information content (AvgIpc) is 3.71. The highest BCUT2D eigenvalue weighted by Gasteiger charge is 2.52. The number of nitrogens with zero attached hydrogens (tertiary/aromatic N) is 3. The van der Waals surface area contributed by atoms with Gasteiger partial charge in [0.05, 0.1) is 53.8 Å². The maximum absolute atomic E-state index is 13.4. The molecule has 10 heteroatoms. The molecule has 2 spiro atoms. The first-order chi connectivity index (χ1) is 31.4. The molecule has 2 atom stereocenters. The van der Waals surface area contributed by atoms with Gasteiger partial charge in [-0.2, -0.15) is 0 Å². The molecule has 2 aliphatic heterocycles. The summed E-state index contributed by atoms with van der Waals surface area (Å²) in [4.78, 5) is 60.4. The van der Waals surface area contributed by atoms with E-state index in [1.807, 2.05) is 76.2 Å². The van der Waals surface area contributed by atoms with Gasteiger partial charge in [-0.3, -0.25) is 19.9 Å². The van der Waals surface area contributed by atoms with E-state index >= 15 is 0 Å². The van der Waals surface area contributed by atoms with Gasteiger partial charge in [0.1, 0.15) is 5.66 Å². The zero-order valence-electron chi connectivity index (χ0n) is 45.1. The van der Waals surface area contributed by atoms with Crippen molar-refractivity contribution in [2.75, 3.05) is 6.54 Å². The van der Waals surface area contributed by atoms with Crippen molar-refractivity contribution in [1.29, 1.82) is 0 Å². The molecule has 2 amide bonds. The zero-order chi connectivity index (χ0) is 50.6. The molecule has 68 heavy (non-hydrogen) atoms. The fourth-order valence-corrected chi connectivity index (χ4v) is 11.0. The highest BCUT2D eigenvalue weighted by Crippen LogP contribution is 2.50. The van der Waals surface area contributed by atoms with Crippen LogP contribution < -0.4 is 5.32 Å². The van der Waals surface area contributed by atoms with E-state index in [2.05, 4.69) is 98.2 Å². The Morgan fingerprint density at radius 2 is 1.00 bits per heavy atom. The lowest BCUT2D eigenvalue weighted by Gasteiger charge is -2.49. The molecule has 10 nitrogen and oxygen atoms in total. The minimum Gasteiger partial charge on any atom is -0.459 e. The van der Waals surface area contributed by atoms with Gasteiger partial charge in [0.25, 0.3) is 5.91 Å². The van der Waals surface area contributed by atoms with Crippen molar-refractivity contribution >= 4 is 30.0 Å². The summed E-state index contributed by atoms with van der Waals surface area (Å²) < 4.78 is 10.7. The van der Waals surface area contributed by atoms with Crippen LogP contribution in [0.3, 0.4) is 0 Å². The van der Waals surface area contributed by atoms with Crippen molar-refractivity contribution in [1.82, 2.24) is 15.1 Å². The molecule has 0 aromatic heterocycles. The first-order valence-electron chi connectivity index (χ1n) is 26.0. The van der Waals surface area contributed by atoms with Crippen molar-refractivity contribution in [2.24, 2.45) is 38.5 Å². The SMILES string of the molecule is CC(C)OC(=O)c1ccc([C@@H](CCC(C)(C)C)N2C(=O)C=NC23CCC(C(C)(C)C)CC3)cc1.CC(C)OC(=O)c1ccc([C@@H](CCC(C)(C)C)N2C(=O)CNC23CCC(C(C)(C)C)CC3)cc1. The predicted octanol–water partition coefficient (Wildman–Crippen LogP) is 13.4. The quantitative estimate of drug-likeness (QED) is 0.211. The van der Waals surface area contributed by atoms with Crippen LogP contribution in [0.25, 0.3) is 0 Å². The summed E-state index contributed by atoms with van der Waals surface area (Å²) in [5, 5.41) is 3.64. The Balaban J connectivity index is 0.000000254. The molecular weight excluding hydrogens is 849 g/mol. The molecule has 2 aromatic rings. The lowest BCUT2D eigenvalue weighted by atomic mass is 9.69. The Kier molecular flexibility index (Phi) is 17.4. The summed E-state index contributed by atoms with van der Waals surface area (Å²) in [6.45, 7) is 35.2. The number of hydrogen-bond donors (Lipinski definition) is 1. The smallest absolute Gasteiger partial charge is 0.338 e. The van der Waals surface area contributed by atoms with E-state index in [-0.39, 0.29) is 70.0 Å². The molecule has 2 saturated carbocycles. The van der Waals surface area contributed by atoms with Crippen molar-refractivity contribution < 1.29 is 28.7 Å². The van der Waals surface area contributed by atoms with Crippen LogP contribution in [0.4, 0.5) is 0 Å². The summed E-state index contributed by atoms with van der Waals surface area (Å²) in [5.74, 6) is 0.906. The third-order valence-corrected chi connectivity index (χ3v) is 15.2. The normalized spacial score (nSPS) is 24.4. The lowest BCUT2D eigenvalue weighted by Crippen LogP contribution is -2.56. The number of hydrogen-bond acceptors (Lipinski definition) is 8. The van der Waals surface area contributed by atoms with Gasteiger partial charge in [-0.1, -0.05) is 107 Å². The van der Waals surface area contributed by atoms with Gasteiger partial charge in [-0.05, 0) is 174 Å². The number of aliphatic imine (C=N–C) groups is 1. The monoisotopic (exact) mass is 939 g/mol. The third kappa shape index (κ3) is 14.1. The molecule has 4 aliphatic rings. The van der Waals surface area contributed by atoms with E-state index in [0.717, 1.165) is 88.2 Å². The molecule has 2 heterocycles. The largest absolute Gasteiger partial charge is 0.459 e. The number of ether oxygens (including phenoxy) is 2. The topological polar surface area (TPSA) is 118 Å². The molecule has 378 valence electrons. The second-order valence-electron chi connectivity index (χ2n) is 25.8. The van der Waals surface area contributed by atoms with Crippen molar-refractivity contribution in [3.05, 3.63) is 70.8 Å². The van der Waals surface area contributed by atoms with E-state index in [9.17, 15) is 19.2 Å². The highest BCUT2D eigenvalue weighted by atomic mass is 16.5. The summed E-state index contributed by atoms with van der Waals surface area (Å²) in [5.41, 5.74) is 3.42. The summed E-state index contributed by atoms with van der Waals surface area (Å²) in [7, 11) is 0. The zero-order valence-corrected chi connectivity index (χ0v) is 45.1. The van der Waals surface area contributed by atoms with Gasteiger partial charge in [0, 0.05) is 0 Å². The van der Waals surface area contributed by atoms with Crippen LogP contribution in [-0.4, -0.2) is 69.8 Å². The van der Waals surface area contributed by atoms with E-state index in [4.69, 9.17) is 14.5 Å². The molecule has 6 rings (SSSR count). The minimum absolute atomic E-state index is 0.0106. The van der Waals surface area contributed by atoms with Gasteiger partial charge in [-0.15, -0.1) is 0 Å². The standard InChI is InChI=1S/C29H46N2O3.C29H44N2O3/c2*1-20(2)34-26(33)22-11-9-21(10-12-22)24(15-16-27(3,4)5)31-25(32)19-30-29(31)17-13-23(14-18-29)28(6,7)8/h9-12,20,23-24,30H,13-19H2,1-8H3;9-12,19-20,23-24H,13-18H2,1-8H3/t2*23?,24-,29?/m11/s1. The molecule has 0 radical (unpaired) electrons. The van der Waals surface area contributed by atoms with Crippen LogP contribution in [0.1, 0.15) is 232 Å². The summed E-state index contributed by atoms with van der Waals surface area (Å²) >= 11 is 0. The fourth-order valence-electron chi connectivity index (χ4n) is 11.0. The summed E-state index contributed by atoms with van der Waals surface area (Å²) in [6, 6.07) is 15.3. The predicted molar refractivity (Wildman–Crippen MR) is 275 cm³/mol. The van der Waals surface area contributed by atoms with E-state index in [1.54, 1.807) is 6.21 Å². The second-order valence-corrected chi connectivity index (χ2v) is 25.8. The van der Waals surface area contributed by atoms with Gasteiger partial charge in [0.2, 0.25) is 5.91 Å². The van der Waals surface area contributed by atoms with Crippen LogP contribution in [-0.2, 0) is 19.1 Å². The first kappa shape index (κ1) is 54.9. The number of esters is 2. The van der Waals surface area contributed by atoms with Gasteiger partial charge >= 0.3 is 11.9 Å². The molecule has 0 bridgehead atoms. The molecular formula is C58H90N4O6. The van der Waals surface area contributed by atoms with E-state index in [0.29, 0.717) is 34.9 Å². The minimum atomic E-state index is -0.448. The van der Waals surface area contributed by atoms with Gasteiger partial charge < -0.3 is 19.3 Å². The Hall–Kier alpha value is -4.05. The number of benzene rings is 2. The second kappa shape index (κ2) is 21.5. The maximum Gasteiger partial charge on any atom is 0.338 e. The lowest BCUT2D eigenvalue weighted by molar-refractivity contribution is -0.136. The first-order valence-corrected chi connectivity index (χ1v) is 26.0. The van der Waals surface area contributed by atoms with Crippen LogP contribution in [0.5, 0.6) is 0 Å². The Morgan fingerprint density at radius 3 is 1.37 bits per heavy atom. The van der Waals surface area contributed by atoms with Crippen LogP contribution in [0, 0.1) is 33.5 Å². The van der Waals surface area contributed by atoms with Gasteiger partial charge in [-0.25, -0.2) is 9.59 Å². The maximum atomic E-state index is 13.4. The number of carbonyl (C=O) groups excluding carboxylic acids is 4. The molecule has 2 aliphatic carbocycles. The number of carbonyl (C=O) groups is 4. The molecule has 2 aromatic carbocycles. The highest BCUT2D eigenvalue weighted by molar-refractivity contribution is 6.28. The van der Waals surface area contributed by atoms with Crippen LogP contribution >= 0.6 is 0 Å². The molecule has 1 saturated heterocycles. The fraction of sp³-hybridized carbons (Fsp3) is 0.707. The number of amides is 2. The van der Waals surface area contributed by atoms with Gasteiger partial charge in [0.15, 0.2) is 0 Å². The van der Waals surface area contributed by atoms with Crippen molar-refractivity contribution in [3.63, 3.8) is 0 Å².